The Balaban J connectivity index is 1.84. The summed E-state index contributed by atoms with van der Waals surface area (Å²) in [5, 5.41) is 14.1. The standard InChI is InChI=1S/C29H23Cl2N3O/c1-34(2)27-22-17-20(14-15-25(22)33-28(31)26(27)19-9-4-3-5-10-19)29(35,21-11-8-16-32-18-21)23-12-6-7-13-24(23)30/h3-18,35H,1-2H3. The molecular weight excluding hydrogens is 477 g/mol. The Kier molecular flexibility index (Phi) is 6.20. The highest BCUT2D eigenvalue weighted by Crippen LogP contribution is 2.44. The fourth-order valence-electron chi connectivity index (χ4n) is 4.58. The summed E-state index contributed by atoms with van der Waals surface area (Å²) in [6.45, 7) is 0. The van der Waals surface area contributed by atoms with Gasteiger partial charge < -0.3 is 10.0 Å². The van der Waals surface area contributed by atoms with Gasteiger partial charge in [-0.15, -0.1) is 0 Å². The van der Waals surface area contributed by atoms with Gasteiger partial charge in [-0.1, -0.05) is 83.9 Å². The Hall–Kier alpha value is -3.44. The smallest absolute Gasteiger partial charge is 0.143 e. The van der Waals surface area contributed by atoms with Crippen molar-refractivity contribution in [2.75, 3.05) is 19.0 Å². The van der Waals surface area contributed by atoms with Gasteiger partial charge in [-0.2, -0.15) is 0 Å². The van der Waals surface area contributed by atoms with Crippen LogP contribution in [0.4, 0.5) is 5.69 Å². The number of rotatable bonds is 5. The van der Waals surface area contributed by atoms with Crippen LogP contribution in [-0.4, -0.2) is 29.2 Å². The topological polar surface area (TPSA) is 49.2 Å². The quantitative estimate of drug-likeness (QED) is 0.265. The molecule has 0 spiro atoms. The molecule has 4 nitrogen and oxygen atoms in total. The molecule has 0 saturated carbocycles. The molecule has 2 aromatic heterocycles. The molecule has 0 amide bonds. The summed E-state index contributed by atoms with van der Waals surface area (Å²) in [4.78, 5) is 11.0. The number of aliphatic hydroxyl groups is 1. The molecule has 0 fully saturated rings. The van der Waals surface area contributed by atoms with E-state index in [0.717, 1.165) is 27.7 Å². The van der Waals surface area contributed by atoms with Crippen LogP contribution >= 0.6 is 23.2 Å². The molecule has 1 atom stereocenters. The van der Waals surface area contributed by atoms with E-state index in [1.165, 1.54) is 0 Å². The highest BCUT2D eigenvalue weighted by Gasteiger charge is 2.36. The third-order valence-corrected chi connectivity index (χ3v) is 6.79. The summed E-state index contributed by atoms with van der Waals surface area (Å²) in [7, 11) is 3.96. The lowest BCUT2D eigenvalue weighted by Crippen LogP contribution is -2.29. The number of nitrogens with zero attached hydrogens (tertiary/aromatic N) is 3. The van der Waals surface area contributed by atoms with Gasteiger partial charge in [0.05, 0.1) is 11.2 Å². The first-order valence-electron chi connectivity index (χ1n) is 11.2. The van der Waals surface area contributed by atoms with Crippen molar-refractivity contribution in [2.24, 2.45) is 0 Å². The summed E-state index contributed by atoms with van der Waals surface area (Å²) in [6.07, 6.45) is 3.34. The van der Waals surface area contributed by atoms with Crippen LogP contribution in [0.1, 0.15) is 16.7 Å². The first kappa shape index (κ1) is 23.3. The highest BCUT2D eigenvalue weighted by atomic mass is 35.5. The predicted molar refractivity (Wildman–Crippen MR) is 144 cm³/mol. The van der Waals surface area contributed by atoms with Gasteiger partial charge in [-0.05, 0) is 35.4 Å². The molecule has 0 aliphatic heterocycles. The average molecular weight is 500 g/mol. The van der Waals surface area contributed by atoms with Crippen molar-refractivity contribution in [3.63, 3.8) is 0 Å². The summed E-state index contributed by atoms with van der Waals surface area (Å²) >= 11 is 13.3. The molecule has 0 radical (unpaired) electrons. The zero-order chi connectivity index (χ0) is 24.6. The van der Waals surface area contributed by atoms with Gasteiger partial charge in [0.1, 0.15) is 10.8 Å². The zero-order valence-electron chi connectivity index (χ0n) is 19.3. The third kappa shape index (κ3) is 4.04. The number of fused-ring (bicyclic) bond motifs is 1. The average Bonchev–Trinajstić information content (AvgIpc) is 2.88. The van der Waals surface area contributed by atoms with Crippen molar-refractivity contribution >= 4 is 39.8 Å². The van der Waals surface area contributed by atoms with Gasteiger partial charge in [0.25, 0.3) is 0 Å². The van der Waals surface area contributed by atoms with E-state index >= 15 is 0 Å². The molecular formula is C29H23Cl2N3O. The van der Waals surface area contributed by atoms with E-state index in [1.807, 2.05) is 91.8 Å². The zero-order valence-corrected chi connectivity index (χ0v) is 20.8. The van der Waals surface area contributed by atoms with Crippen molar-refractivity contribution in [3.05, 3.63) is 124 Å². The minimum Gasteiger partial charge on any atom is -0.377 e. The van der Waals surface area contributed by atoms with Gasteiger partial charge in [-0.3, -0.25) is 4.98 Å². The van der Waals surface area contributed by atoms with E-state index in [1.54, 1.807) is 24.5 Å². The minimum absolute atomic E-state index is 0.425. The monoisotopic (exact) mass is 499 g/mol. The Morgan fingerprint density at radius 2 is 1.57 bits per heavy atom. The molecule has 0 aliphatic rings. The largest absolute Gasteiger partial charge is 0.377 e. The molecule has 1 N–H and O–H groups in total. The van der Waals surface area contributed by atoms with Gasteiger partial charge in [0, 0.05) is 53.6 Å². The van der Waals surface area contributed by atoms with E-state index in [-0.39, 0.29) is 0 Å². The van der Waals surface area contributed by atoms with E-state index < -0.39 is 5.60 Å². The normalized spacial score (nSPS) is 12.9. The van der Waals surface area contributed by atoms with E-state index in [2.05, 4.69) is 4.98 Å². The van der Waals surface area contributed by atoms with Crippen LogP contribution in [-0.2, 0) is 5.60 Å². The number of halogens is 2. The van der Waals surface area contributed by atoms with Gasteiger partial charge >= 0.3 is 0 Å². The van der Waals surface area contributed by atoms with Crippen LogP contribution in [0, 0.1) is 0 Å². The van der Waals surface area contributed by atoms with Crippen molar-refractivity contribution in [1.29, 1.82) is 0 Å². The maximum absolute atomic E-state index is 12.4. The van der Waals surface area contributed by atoms with Crippen LogP contribution < -0.4 is 4.90 Å². The molecule has 0 bridgehead atoms. The Labute approximate surface area is 214 Å². The second-order valence-electron chi connectivity index (χ2n) is 8.55. The molecule has 5 rings (SSSR count). The predicted octanol–water partition coefficient (Wildman–Crippen LogP) is 6.95. The second kappa shape index (κ2) is 9.31. The molecule has 3 aromatic carbocycles. The lowest BCUT2D eigenvalue weighted by molar-refractivity contribution is 0.125. The summed E-state index contributed by atoms with van der Waals surface area (Å²) in [5.41, 5.74) is 3.76. The van der Waals surface area contributed by atoms with Gasteiger partial charge in [0.15, 0.2) is 0 Å². The van der Waals surface area contributed by atoms with Gasteiger partial charge in [-0.25, -0.2) is 4.98 Å². The summed E-state index contributed by atoms with van der Waals surface area (Å²) in [5.74, 6) is 0. The van der Waals surface area contributed by atoms with Crippen molar-refractivity contribution < 1.29 is 5.11 Å². The summed E-state index contributed by atoms with van der Waals surface area (Å²) < 4.78 is 0. The fourth-order valence-corrected chi connectivity index (χ4v) is 5.14. The minimum atomic E-state index is -1.53. The highest BCUT2D eigenvalue weighted by molar-refractivity contribution is 6.34. The SMILES string of the molecule is CN(C)c1c(-c2ccccc2)c(Cl)nc2ccc(C(O)(c3cccnc3)c3ccccc3Cl)cc12. The molecule has 35 heavy (non-hydrogen) atoms. The molecule has 0 saturated heterocycles. The number of hydrogen-bond donors (Lipinski definition) is 1. The molecule has 6 heteroatoms. The maximum atomic E-state index is 12.4. The maximum Gasteiger partial charge on any atom is 0.143 e. The Morgan fingerprint density at radius 1 is 0.829 bits per heavy atom. The molecule has 174 valence electrons. The van der Waals surface area contributed by atoms with Crippen molar-refractivity contribution in [2.45, 2.75) is 5.60 Å². The number of hydrogen-bond acceptors (Lipinski definition) is 4. The third-order valence-electron chi connectivity index (χ3n) is 6.18. The first-order valence-corrected chi connectivity index (χ1v) is 11.9. The lowest BCUT2D eigenvalue weighted by atomic mass is 9.80. The molecule has 5 aromatic rings. The lowest BCUT2D eigenvalue weighted by Gasteiger charge is -2.31. The first-order chi connectivity index (χ1) is 16.9. The Bertz CT molecular complexity index is 1510. The van der Waals surface area contributed by atoms with Crippen molar-refractivity contribution in [1.82, 2.24) is 9.97 Å². The number of anilines is 1. The molecule has 1 unspecified atom stereocenters. The van der Waals surface area contributed by atoms with Crippen LogP contribution in [0.15, 0.2) is 97.3 Å². The van der Waals surface area contributed by atoms with Crippen LogP contribution in [0.2, 0.25) is 10.2 Å². The fraction of sp³-hybridized carbons (Fsp3) is 0.103. The van der Waals surface area contributed by atoms with E-state index in [0.29, 0.717) is 26.9 Å². The van der Waals surface area contributed by atoms with E-state index in [9.17, 15) is 5.11 Å². The number of aromatic nitrogens is 2. The molecule has 0 aliphatic carbocycles. The Morgan fingerprint density at radius 3 is 2.26 bits per heavy atom. The second-order valence-corrected chi connectivity index (χ2v) is 9.32. The summed E-state index contributed by atoms with van der Waals surface area (Å²) in [6, 6.07) is 26.6. The van der Waals surface area contributed by atoms with Crippen LogP contribution in [0.3, 0.4) is 0 Å². The number of benzene rings is 3. The van der Waals surface area contributed by atoms with Gasteiger partial charge in [0.2, 0.25) is 0 Å². The molecule has 2 heterocycles. The van der Waals surface area contributed by atoms with Crippen molar-refractivity contribution in [3.8, 4) is 11.1 Å². The van der Waals surface area contributed by atoms with Crippen LogP contribution in [0.25, 0.3) is 22.0 Å². The van der Waals surface area contributed by atoms with E-state index in [4.69, 9.17) is 28.2 Å². The van der Waals surface area contributed by atoms with Crippen LogP contribution in [0.5, 0.6) is 0 Å². The number of pyridine rings is 2.